The van der Waals surface area contributed by atoms with Crippen LogP contribution in [-0.2, 0) is 0 Å². The van der Waals surface area contributed by atoms with Crippen molar-refractivity contribution in [3.8, 4) is 5.75 Å². The molecule has 3 heteroatoms. The van der Waals surface area contributed by atoms with Crippen molar-refractivity contribution in [2.24, 2.45) is 5.92 Å². The van der Waals surface area contributed by atoms with E-state index < -0.39 is 0 Å². The summed E-state index contributed by atoms with van der Waals surface area (Å²) in [6.07, 6.45) is 3.69. The van der Waals surface area contributed by atoms with Gasteiger partial charge in [0.25, 0.3) is 5.91 Å². The average Bonchev–Trinajstić information content (AvgIpc) is 2.41. The Morgan fingerprint density at radius 2 is 1.90 bits per heavy atom. The van der Waals surface area contributed by atoms with Crippen LogP contribution in [0, 0.1) is 5.92 Å². The summed E-state index contributed by atoms with van der Waals surface area (Å²) >= 11 is 0. The lowest BCUT2D eigenvalue weighted by atomic mass is 9.85. The molecule has 0 radical (unpaired) electrons. The molecule has 1 aliphatic rings. The molecule has 104 valence electrons. The van der Waals surface area contributed by atoms with Gasteiger partial charge in [0, 0.05) is 13.6 Å². The van der Waals surface area contributed by atoms with Gasteiger partial charge in [-0.1, -0.05) is 30.7 Å². The van der Waals surface area contributed by atoms with Gasteiger partial charge in [-0.2, -0.15) is 0 Å². The fourth-order valence-electron chi connectivity index (χ4n) is 2.75. The van der Waals surface area contributed by atoms with Gasteiger partial charge in [-0.3, -0.25) is 4.79 Å². The van der Waals surface area contributed by atoms with Crippen LogP contribution in [0.2, 0.25) is 0 Å². The lowest BCUT2D eigenvalue weighted by molar-refractivity contribution is 0.0742. The standard InChI is InChI=1S/C17H19NO2/c1-18(11-12-5-4-6-12)17(20)15-9-13-7-2-3-8-14(13)10-16(15)19/h2-3,7-10,12,19H,4-6,11H2,1H3. The fraction of sp³-hybridized carbons (Fsp3) is 0.353. The van der Waals surface area contributed by atoms with Gasteiger partial charge < -0.3 is 10.0 Å². The number of aromatic hydroxyl groups is 1. The summed E-state index contributed by atoms with van der Waals surface area (Å²) < 4.78 is 0. The number of fused-ring (bicyclic) bond motifs is 1. The van der Waals surface area contributed by atoms with Crippen LogP contribution < -0.4 is 0 Å². The molecule has 2 aromatic carbocycles. The van der Waals surface area contributed by atoms with E-state index in [4.69, 9.17) is 0 Å². The van der Waals surface area contributed by atoms with Crippen LogP contribution in [0.15, 0.2) is 36.4 Å². The largest absolute Gasteiger partial charge is 0.507 e. The molecule has 0 heterocycles. The second-order valence-corrected chi connectivity index (χ2v) is 5.70. The maximum atomic E-state index is 12.5. The van der Waals surface area contributed by atoms with Crippen LogP contribution in [0.5, 0.6) is 5.75 Å². The minimum Gasteiger partial charge on any atom is -0.507 e. The monoisotopic (exact) mass is 269 g/mol. The first-order valence-corrected chi connectivity index (χ1v) is 7.12. The summed E-state index contributed by atoms with van der Waals surface area (Å²) in [5, 5.41) is 12.0. The molecular formula is C17H19NO2. The van der Waals surface area contributed by atoms with E-state index in [0.717, 1.165) is 17.3 Å². The van der Waals surface area contributed by atoms with Crippen molar-refractivity contribution >= 4 is 16.7 Å². The number of hydrogen-bond acceptors (Lipinski definition) is 2. The zero-order valence-corrected chi connectivity index (χ0v) is 11.7. The number of hydrogen-bond donors (Lipinski definition) is 1. The van der Waals surface area contributed by atoms with Gasteiger partial charge in [-0.25, -0.2) is 0 Å². The molecule has 1 N–H and O–H groups in total. The Kier molecular flexibility index (Phi) is 3.35. The first-order valence-electron chi connectivity index (χ1n) is 7.12. The Hall–Kier alpha value is -2.03. The highest BCUT2D eigenvalue weighted by molar-refractivity contribution is 6.01. The van der Waals surface area contributed by atoms with Gasteiger partial charge in [0.15, 0.2) is 0 Å². The van der Waals surface area contributed by atoms with Gasteiger partial charge in [0.1, 0.15) is 5.75 Å². The third-order valence-electron chi connectivity index (χ3n) is 4.20. The van der Waals surface area contributed by atoms with Crippen LogP contribution >= 0.6 is 0 Å². The van der Waals surface area contributed by atoms with Crippen LogP contribution in [0.25, 0.3) is 10.8 Å². The zero-order valence-electron chi connectivity index (χ0n) is 11.7. The van der Waals surface area contributed by atoms with Crippen molar-refractivity contribution in [3.05, 3.63) is 42.0 Å². The Labute approximate surface area is 118 Å². The quantitative estimate of drug-likeness (QED) is 0.927. The Morgan fingerprint density at radius 1 is 1.25 bits per heavy atom. The van der Waals surface area contributed by atoms with E-state index >= 15 is 0 Å². The van der Waals surface area contributed by atoms with Gasteiger partial charge >= 0.3 is 0 Å². The van der Waals surface area contributed by atoms with Gasteiger partial charge in [0.05, 0.1) is 5.56 Å². The first-order chi connectivity index (χ1) is 9.65. The van der Waals surface area contributed by atoms with E-state index in [2.05, 4.69) is 0 Å². The second kappa shape index (κ2) is 5.16. The summed E-state index contributed by atoms with van der Waals surface area (Å²) in [6.45, 7) is 0.783. The molecule has 1 amide bonds. The third-order valence-corrected chi connectivity index (χ3v) is 4.20. The summed E-state index contributed by atoms with van der Waals surface area (Å²) in [4.78, 5) is 14.2. The molecule has 3 nitrogen and oxygen atoms in total. The van der Waals surface area contributed by atoms with Gasteiger partial charge in [-0.05, 0) is 41.7 Å². The smallest absolute Gasteiger partial charge is 0.257 e. The molecule has 0 atom stereocenters. The van der Waals surface area contributed by atoms with Gasteiger partial charge in [-0.15, -0.1) is 0 Å². The van der Waals surface area contributed by atoms with Crippen LogP contribution in [0.4, 0.5) is 0 Å². The zero-order chi connectivity index (χ0) is 14.1. The minimum absolute atomic E-state index is 0.0640. The summed E-state index contributed by atoms with van der Waals surface area (Å²) in [5.74, 6) is 0.598. The lowest BCUT2D eigenvalue weighted by Crippen LogP contribution is -2.34. The van der Waals surface area contributed by atoms with Crippen molar-refractivity contribution < 1.29 is 9.90 Å². The van der Waals surface area contributed by atoms with E-state index in [1.165, 1.54) is 19.3 Å². The molecule has 0 saturated heterocycles. The average molecular weight is 269 g/mol. The highest BCUT2D eigenvalue weighted by atomic mass is 16.3. The van der Waals surface area contributed by atoms with Crippen molar-refractivity contribution in [3.63, 3.8) is 0 Å². The van der Waals surface area contributed by atoms with Crippen LogP contribution in [0.1, 0.15) is 29.6 Å². The maximum Gasteiger partial charge on any atom is 0.257 e. The van der Waals surface area contributed by atoms with Crippen LogP contribution in [-0.4, -0.2) is 29.5 Å². The normalized spacial score (nSPS) is 15.1. The molecule has 20 heavy (non-hydrogen) atoms. The number of phenols is 1. The number of amides is 1. The Bertz CT molecular complexity index is 646. The molecule has 0 aliphatic heterocycles. The van der Waals surface area contributed by atoms with Crippen molar-refractivity contribution in [1.82, 2.24) is 4.90 Å². The summed E-state index contributed by atoms with van der Waals surface area (Å²) in [5.41, 5.74) is 0.394. The molecule has 0 bridgehead atoms. The number of nitrogens with zero attached hydrogens (tertiary/aromatic N) is 1. The Balaban J connectivity index is 1.87. The highest BCUT2D eigenvalue weighted by Crippen LogP contribution is 2.29. The van der Waals surface area contributed by atoms with Crippen molar-refractivity contribution in [2.75, 3.05) is 13.6 Å². The fourth-order valence-corrected chi connectivity index (χ4v) is 2.75. The van der Waals surface area contributed by atoms with Crippen molar-refractivity contribution in [2.45, 2.75) is 19.3 Å². The molecule has 2 aromatic rings. The van der Waals surface area contributed by atoms with E-state index in [1.807, 2.05) is 31.3 Å². The predicted molar refractivity (Wildman–Crippen MR) is 79.9 cm³/mol. The summed E-state index contributed by atoms with van der Waals surface area (Å²) in [7, 11) is 1.81. The molecule has 1 saturated carbocycles. The molecule has 1 aliphatic carbocycles. The van der Waals surface area contributed by atoms with E-state index in [1.54, 1.807) is 17.0 Å². The molecule has 0 spiro atoms. The number of carbonyl (C=O) groups excluding carboxylic acids is 1. The predicted octanol–water partition coefficient (Wildman–Crippen LogP) is 3.42. The molecule has 1 fully saturated rings. The lowest BCUT2D eigenvalue weighted by Gasteiger charge is -2.30. The molecule has 3 rings (SSSR count). The minimum atomic E-state index is -0.0971. The molecular weight excluding hydrogens is 250 g/mol. The Morgan fingerprint density at radius 3 is 2.50 bits per heavy atom. The topological polar surface area (TPSA) is 40.5 Å². The summed E-state index contributed by atoms with van der Waals surface area (Å²) in [6, 6.07) is 11.2. The van der Waals surface area contributed by atoms with E-state index in [-0.39, 0.29) is 11.7 Å². The highest BCUT2D eigenvalue weighted by Gasteiger charge is 2.23. The number of carbonyl (C=O) groups is 1. The maximum absolute atomic E-state index is 12.5. The van der Waals surface area contributed by atoms with E-state index in [0.29, 0.717) is 11.5 Å². The van der Waals surface area contributed by atoms with Crippen LogP contribution in [0.3, 0.4) is 0 Å². The molecule has 0 unspecified atom stereocenters. The van der Waals surface area contributed by atoms with Gasteiger partial charge in [0.2, 0.25) is 0 Å². The second-order valence-electron chi connectivity index (χ2n) is 5.70. The third kappa shape index (κ3) is 2.36. The number of rotatable bonds is 3. The van der Waals surface area contributed by atoms with E-state index in [9.17, 15) is 9.90 Å². The first kappa shape index (κ1) is 13.0. The number of benzene rings is 2. The van der Waals surface area contributed by atoms with Crippen molar-refractivity contribution in [1.29, 1.82) is 0 Å². The SMILES string of the molecule is CN(CC1CCC1)C(=O)c1cc2ccccc2cc1O. The molecule has 0 aromatic heterocycles. The number of phenolic OH excluding ortho intramolecular Hbond substituents is 1.